The maximum Gasteiger partial charge on any atom is 0.416 e. The molecule has 0 saturated carbocycles. The SMILES string of the molecule is CC/C=C/c1ccc(C)cc1C(F)(F)F. The molecule has 82 valence electrons. The van der Waals surface area contributed by atoms with Gasteiger partial charge >= 0.3 is 6.18 Å². The van der Waals surface area contributed by atoms with Gasteiger partial charge in [-0.1, -0.05) is 36.8 Å². The molecule has 0 aliphatic heterocycles. The number of allylic oxidation sites excluding steroid dienone is 1. The van der Waals surface area contributed by atoms with Crippen LogP contribution in [0.25, 0.3) is 6.08 Å². The van der Waals surface area contributed by atoms with Gasteiger partial charge in [0.25, 0.3) is 0 Å². The van der Waals surface area contributed by atoms with Gasteiger partial charge in [-0.05, 0) is 25.0 Å². The zero-order valence-electron chi connectivity index (χ0n) is 8.73. The third-order valence-corrected chi connectivity index (χ3v) is 2.05. The molecular weight excluding hydrogens is 201 g/mol. The fourth-order valence-electron chi connectivity index (χ4n) is 1.31. The third kappa shape index (κ3) is 3.11. The second-order valence-corrected chi connectivity index (χ2v) is 3.40. The van der Waals surface area contributed by atoms with Crippen molar-refractivity contribution in [1.29, 1.82) is 0 Å². The molecule has 0 N–H and O–H groups in total. The van der Waals surface area contributed by atoms with E-state index in [-0.39, 0.29) is 5.56 Å². The Morgan fingerprint density at radius 3 is 2.47 bits per heavy atom. The van der Waals surface area contributed by atoms with E-state index in [4.69, 9.17) is 0 Å². The first-order valence-electron chi connectivity index (χ1n) is 4.79. The zero-order chi connectivity index (χ0) is 11.5. The van der Waals surface area contributed by atoms with Gasteiger partial charge in [-0.3, -0.25) is 0 Å². The van der Waals surface area contributed by atoms with Crippen molar-refractivity contribution in [1.82, 2.24) is 0 Å². The molecule has 0 aliphatic rings. The number of benzene rings is 1. The van der Waals surface area contributed by atoms with Crippen LogP contribution in [0.5, 0.6) is 0 Å². The molecule has 0 aromatic heterocycles. The van der Waals surface area contributed by atoms with E-state index in [2.05, 4.69) is 0 Å². The molecule has 0 aliphatic carbocycles. The summed E-state index contributed by atoms with van der Waals surface area (Å²) in [7, 11) is 0. The molecule has 0 amide bonds. The minimum Gasteiger partial charge on any atom is -0.166 e. The Balaban J connectivity index is 3.21. The molecule has 1 aromatic rings. The molecule has 3 heteroatoms. The van der Waals surface area contributed by atoms with Crippen molar-refractivity contribution in [3.8, 4) is 0 Å². The van der Waals surface area contributed by atoms with E-state index >= 15 is 0 Å². The maximum absolute atomic E-state index is 12.6. The summed E-state index contributed by atoms with van der Waals surface area (Å²) in [5.41, 5.74) is 0.290. The summed E-state index contributed by atoms with van der Waals surface area (Å²) in [4.78, 5) is 0. The fraction of sp³-hybridized carbons (Fsp3) is 0.333. The topological polar surface area (TPSA) is 0 Å². The van der Waals surface area contributed by atoms with E-state index in [1.807, 2.05) is 6.92 Å². The molecule has 0 heterocycles. The number of aryl methyl sites for hydroxylation is 1. The van der Waals surface area contributed by atoms with Gasteiger partial charge in [0.05, 0.1) is 5.56 Å². The lowest BCUT2D eigenvalue weighted by Gasteiger charge is -2.11. The molecule has 1 aromatic carbocycles. The smallest absolute Gasteiger partial charge is 0.166 e. The number of rotatable bonds is 2. The molecule has 0 spiro atoms. The molecule has 0 bridgehead atoms. The van der Waals surface area contributed by atoms with Crippen LogP contribution in [0, 0.1) is 6.92 Å². The average molecular weight is 214 g/mol. The summed E-state index contributed by atoms with van der Waals surface area (Å²) in [6, 6.07) is 4.37. The molecule has 0 saturated heterocycles. The van der Waals surface area contributed by atoms with E-state index in [9.17, 15) is 13.2 Å². The number of alkyl halides is 3. The van der Waals surface area contributed by atoms with Crippen molar-refractivity contribution in [2.24, 2.45) is 0 Å². The Kier molecular flexibility index (Phi) is 3.56. The fourth-order valence-corrected chi connectivity index (χ4v) is 1.31. The average Bonchev–Trinajstić information content (AvgIpc) is 2.14. The molecule has 0 nitrogen and oxygen atoms in total. The third-order valence-electron chi connectivity index (χ3n) is 2.05. The van der Waals surface area contributed by atoms with E-state index < -0.39 is 11.7 Å². The quantitative estimate of drug-likeness (QED) is 0.682. The Morgan fingerprint density at radius 2 is 1.93 bits per heavy atom. The Hall–Kier alpha value is -1.25. The second kappa shape index (κ2) is 4.51. The van der Waals surface area contributed by atoms with Gasteiger partial charge in [-0.2, -0.15) is 13.2 Å². The van der Waals surface area contributed by atoms with Crippen LogP contribution in [0.1, 0.15) is 30.0 Å². The predicted octanol–water partition coefficient (Wildman–Crippen LogP) is 4.44. The largest absolute Gasteiger partial charge is 0.416 e. The zero-order valence-corrected chi connectivity index (χ0v) is 8.73. The molecular formula is C12H13F3. The van der Waals surface area contributed by atoms with Gasteiger partial charge in [0, 0.05) is 0 Å². The number of halogens is 3. The summed E-state index contributed by atoms with van der Waals surface area (Å²) in [6.07, 6.45) is -0.313. The lowest BCUT2D eigenvalue weighted by atomic mass is 10.0. The summed E-state index contributed by atoms with van der Waals surface area (Å²) in [6.45, 7) is 3.54. The first-order chi connectivity index (χ1) is 6.95. The number of hydrogen-bond donors (Lipinski definition) is 0. The van der Waals surface area contributed by atoms with Gasteiger partial charge < -0.3 is 0 Å². The molecule has 0 atom stereocenters. The molecule has 0 radical (unpaired) electrons. The minimum absolute atomic E-state index is 0.231. The van der Waals surface area contributed by atoms with E-state index in [1.165, 1.54) is 18.2 Å². The summed E-state index contributed by atoms with van der Waals surface area (Å²) >= 11 is 0. The van der Waals surface area contributed by atoms with E-state index in [0.29, 0.717) is 5.56 Å². The monoisotopic (exact) mass is 214 g/mol. The summed E-state index contributed by atoms with van der Waals surface area (Å²) in [5.74, 6) is 0. The van der Waals surface area contributed by atoms with Crippen molar-refractivity contribution in [2.45, 2.75) is 26.4 Å². The van der Waals surface area contributed by atoms with Gasteiger partial charge in [0.1, 0.15) is 0 Å². The Morgan fingerprint density at radius 1 is 1.27 bits per heavy atom. The summed E-state index contributed by atoms with van der Waals surface area (Å²) in [5, 5.41) is 0. The van der Waals surface area contributed by atoms with Crippen LogP contribution in [0.4, 0.5) is 13.2 Å². The van der Waals surface area contributed by atoms with Crippen molar-refractivity contribution in [2.75, 3.05) is 0 Å². The predicted molar refractivity (Wildman–Crippen MR) is 55.5 cm³/mol. The first-order valence-corrected chi connectivity index (χ1v) is 4.79. The van der Waals surface area contributed by atoms with E-state index in [0.717, 1.165) is 6.42 Å². The van der Waals surface area contributed by atoms with Crippen LogP contribution in [-0.4, -0.2) is 0 Å². The Bertz CT molecular complexity index is 362. The second-order valence-electron chi connectivity index (χ2n) is 3.40. The minimum atomic E-state index is -4.28. The normalized spacial score (nSPS) is 12.3. The van der Waals surface area contributed by atoms with Crippen LogP contribution >= 0.6 is 0 Å². The van der Waals surface area contributed by atoms with Gasteiger partial charge in [0.15, 0.2) is 0 Å². The van der Waals surface area contributed by atoms with Crippen LogP contribution < -0.4 is 0 Å². The van der Waals surface area contributed by atoms with Crippen LogP contribution in [0.2, 0.25) is 0 Å². The highest BCUT2D eigenvalue weighted by molar-refractivity contribution is 5.55. The van der Waals surface area contributed by atoms with Crippen LogP contribution in [-0.2, 0) is 6.18 Å². The highest BCUT2D eigenvalue weighted by Crippen LogP contribution is 2.33. The summed E-state index contributed by atoms with van der Waals surface area (Å²) < 4.78 is 37.9. The first kappa shape index (κ1) is 11.8. The lowest BCUT2D eigenvalue weighted by molar-refractivity contribution is -0.137. The van der Waals surface area contributed by atoms with Gasteiger partial charge in [0.2, 0.25) is 0 Å². The molecule has 1 rings (SSSR count). The van der Waals surface area contributed by atoms with Crippen molar-refractivity contribution in [3.63, 3.8) is 0 Å². The van der Waals surface area contributed by atoms with E-state index in [1.54, 1.807) is 19.1 Å². The maximum atomic E-state index is 12.6. The van der Waals surface area contributed by atoms with Crippen molar-refractivity contribution in [3.05, 3.63) is 41.0 Å². The molecule has 15 heavy (non-hydrogen) atoms. The molecule has 0 fully saturated rings. The van der Waals surface area contributed by atoms with Crippen LogP contribution in [0.15, 0.2) is 24.3 Å². The highest BCUT2D eigenvalue weighted by Gasteiger charge is 2.32. The van der Waals surface area contributed by atoms with Gasteiger partial charge in [-0.25, -0.2) is 0 Å². The Labute approximate surface area is 87.4 Å². The van der Waals surface area contributed by atoms with Crippen molar-refractivity contribution < 1.29 is 13.2 Å². The molecule has 0 unspecified atom stereocenters. The van der Waals surface area contributed by atoms with Crippen molar-refractivity contribution >= 4 is 6.08 Å². The lowest BCUT2D eigenvalue weighted by Crippen LogP contribution is -2.07. The standard InChI is InChI=1S/C12H13F3/c1-3-4-5-10-7-6-9(2)8-11(10)12(13,14)15/h4-8H,3H2,1-2H3/b5-4+. The highest BCUT2D eigenvalue weighted by atomic mass is 19.4. The van der Waals surface area contributed by atoms with Crippen LogP contribution in [0.3, 0.4) is 0 Å². The number of hydrogen-bond acceptors (Lipinski definition) is 0. The van der Waals surface area contributed by atoms with Gasteiger partial charge in [-0.15, -0.1) is 0 Å².